The highest BCUT2D eigenvalue weighted by Crippen LogP contribution is 2.13. The van der Waals surface area contributed by atoms with Gasteiger partial charge in [-0.25, -0.2) is 4.79 Å². The van der Waals surface area contributed by atoms with Gasteiger partial charge in [-0.3, -0.25) is 14.9 Å². The molecule has 0 heterocycles. The van der Waals surface area contributed by atoms with E-state index in [1.54, 1.807) is 19.2 Å². The molecular formula is C15H20N2O5. The lowest BCUT2D eigenvalue weighted by atomic mass is 10.1. The fourth-order valence-corrected chi connectivity index (χ4v) is 1.62. The maximum Gasteiger partial charge on any atom is 0.321 e. The van der Waals surface area contributed by atoms with E-state index >= 15 is 0 Å². The van der Waals surface area contributed by atoms with Crippen LogP contribution in [0.1, 0.15) is 18.9 Å². The Morgan fingerprint density at radius 3 is 2.36 bits per heavy atom. The summed E-state index contributed by atoms with van der Waals surface area (Å²) in [7, 11) is 2.96. The minimum atomic E-state index is -1.03. The number of esters is 1. The molecule has 0 bridgehead atoms. The largest absolute Gasteiger partial charge is 0.497 e. The smallest absolute Gasteiger partial charge is 0.321 e. The molecule has 1 atom stereocenters. The van der Waals surface area contributed by atoms with Crippen LogP contribution < -0.4 is 15.4 Å². The number of aryl methyl sites for hydroxylation is 1. The summed E-state index contributed by atoms with van der Waals surface area (Å²) in [5.41, 5.74) is 0.959. The number of urea groups is 1. The van der Waals surface area contributed by atoms with Gasteiger partial charge < -0.3 is 14.8 Å². The van der Waals surface area contributed by atoms with Gasteiger partial charge in [0.05, 0.1) is 7.11 Å². The summed E-state index contributed by atoms with van der Waals surface area (Å²) in [6, 6.07) is 6.67. The van der Waals surface area contributed by atoms with Gasteiger partial charge in [0.1, 0.15) is 5.75 Å². The molecule has 2 N–H and O–H groups in total. The highest BCUT2D eigenvalue weighted by Gasteiger charge is 2.19. The van der Waals surface area contributed by atoms with E-state index < -0.39 is 24.0 Å². The molecular weight excluding hydrogens is 288 g/mol. The van der Waals surface area contributed by atoms with Crippen LogP contribution in [-0.4, -0.2) is 38.2 Å². The third kappa shape index (κ3) is 5.82. The third-order valence-corrected chi connectivity index (χ3v) is 2.92. The van der Waals surface area contributed by atoms with Crippen molar-refractivity contribution in [3.8, 4) is 5.75 Å². The summed E-state index contributed by atoms with van der Waals surface area (Å²) >= 11 is 0. The number of hydrogen-bond acceptors (Lipinski definition) is 5. The number of nitrogens with one attached hydrogen (secondary N) is 2. The second kappa shape index (κ2) is 8.66. The van der Waals surface area contributed by atoms with E-state index in [1.807, 2.05) is 17.4 Å². The van der Waals surface area contributed by atoms with Gasteiger partial charge in [-0.05, 0) is 31.0 Å². The van der Waals surface area contributed by atoms with E-state index in [2.05, 4.69) is 5.32 Å². The Labute approximate surface area is 129 Å². The maximum absolute atomic E-state index is 11.7. The first-order valence-corrected chi connectivity index (χ1v) is 6.81. The van der Waals surface area contributed by atoms with Gasteiger partial charge in [-0.2, -0.15) is 0 Å². The number of carbonyl (C=O) groups excluding carboxylic acids is 3. The monoisotopic (exact) mass is 308 g/mol. The average molecular weight is 308 g/mol. The number of hydrogen-bond donors (Lipinski definition) is 2. The molecule has 0 aliphatic heterocycles. The van der Waals surface area contributed by atoms with Crippen molar-refractivity contribution in [2.24, 2.45) is 0 Å². The molecule has 0 saturated carbocycles. The highest BCUT2D eigenvalue weighted by molar-refractivity contribution is 5.96. The van der Waals surface area contributed by atoms with Crippen LogP contribution >= 0.6 is 0 Å². The van der Waals surface area contributed by atoms with Crippen molar-refractivity contribution in [2.75, 3.05) is 14.2 Å². The van der Waals surface area contributed by atoms with Crippen molar-refractivity contribution in [2.45, 2.75) is 25.9 Å². The molecule has 0 saturated heterocycles. The standard InChI is InChI=1S/C15H20N2O5/c1-10(14(19)17-15(20)16-2)22-13(18)9-6-11-4-7-12(21-3)8-5-11/h4-5,7-8,10H,6,9H2,1-3H3,(H2,16,17,19,20)/t10-/m0/s1. The van der Waals surface area contributed by atoms with Crippen LogP contribution in [0.2, 0.25) is 0 Å². The Balaban J connectivity index is 2.38. The number of ether oxygens (including phenoxy) is 2. The van der Waals surface area contributed by atoms with Crippen molar-refractivity contribution >= 4 is 17.9 Å². The molecule has 1 rings (SSSR count). The van der Waals surface area contributed by atoms with Gasteiger partial charge in [0.25, 0.3) is 5.91 Å². The minimum absolute atomic E-state index is 0.143. The van der Waals surface area contributed by atoms with Crippen molar-refractivity contribution < 1.29 is 23.9 Å². The Bertz CT molecular complexity index is 527. The van der Waals surface area contributed by atoms with Crippen LogP contribution in [0.25, 0.3) is 0 Å². The zero-order valence-electron chi connectivity index (χ0n) is 12.8. The maximum atomic E-state index is 11.7. The van der Waals surface area contributed by atoms with Gasteiger partial charge >= 0.3 is 12.0 Å². The normalized spacial score (nSPS) is 11.2. The molecule has 1 aromatic carbocycles. The van der Waals surface area contributed by atoms with E-state index in [-0.39, 0.29) is 6.42 Å². The van der Waals surface area contributed by atoms with Gasteiger partial charge in [-0.15, -0.1) is 0 Å². The summed E-state index contributed by atoms with van der Waals surface area (Å²) in [5, 5.41) is 4.28. The quantitative estimate of drug-likeness (QED) is 0.765. The molecule has 7 nitrogen and oxygen atoms in total. The molecule has 22 heavy (non-hydrogen) atoms. The lowest BCUT2D eigenvalue weighted by Gasteiger charge is -2.12. The predicted octanol–water partition coefficient (Wildman–Crippen LogP) is 1.02. The lowest BCUT2D eigenvalue weighted by Crippen LogP contribution is -2.43. The zero-order valence-corrected chi connectivity index (χ0v) is 12.8. The lowest BCUT2D eigenvalue weighted by molar-refractivity contribution is -0.154. The first-order valence-electron chi connectivity index (χ1n) is 6.81. The summed E-state index contributed by atoms with van der Waals surface area (Å²) in [5.74, 6) is -0.432. The number of carbonyl (C=O) groups is 3. The van der Waals surface area contributed by atoms with Crippen LogP contribution in [-0.2, 0) is 20.7 Å². The van der Waals surface area contributed by atoms with Gasteiger partial charge in [0.15, 0.2) is 6.10 Å². The van der Waals surface area contributed by atoms with Crippen molar-refractivity contribution in [1.82, 2.24) is 10.6 Å². The molecule has 1 aromatic rings. The SMILES string of the molecule is CNC(=O)NC(=O)[C@H](C)OC(=O)CCc1ccc(OC)cc1. The first kappa shape index (κ1) is 17.5. The molecule has 0 radical (unpaired) electrons. The van der Waals surface area contributed by atoms with Crippen LogP contribution in [0.5, 0.6) is 5.75 Å². The van der Waals surface area contributed by atoms with Crippen molar-refractivity contribution in [3.63, 3.8) is 0 Å². The predicted molar refractivity (Wildman–Crippen MR) is 79.5 cm³/mol. The van der Waals surface area contributed by atoms with E-state index in [1.165, 1.54) is 14.0 Å². The van der Waals surface area contributed by atoms with Crippen LogP contribution in [0.15, 0.2) is 24.3 Å². The number of benzene rings is 1. The number of imide groups is 1. The summed E-state index contributed by atoms with van der Waals surface area (Å²) in [6.07, 6.45) is -0.392. The summed E-state index contributed by atoms with van der Waals surface area (Å²) in [6.45, 7) is 1.41. The van der Waals surface area contributed by atoms with Crippen molar-refractivity contribution in [1.29, 1.82) is 0 Å². The Hall–Kier alpha value is -2.57. The summed E-state index contributed by atoms with van der Waals surface area (Å²) < 4.78 is 10.0. The molecule has 120 valence electrons. The van der Waals surface area contributed by atoms with Crippen LogP contribution in [0, 0.1) is 0 Å². The van der Waals surface area contributed by atoms with Gasteiger partial charge in [-0.1, -0.05) is 12.1 Å². The number of amides is 3. The van der Waals surface area contributed by atoms with Crippen LogP contribution in [0.3, 0.4) is 0 Å². The Morgan fingerprint density at radius 1 is 1.18 bits per heavy atom. The molecule has 7 heteroatoms. The fourth-order valence-electron chi connectivity index (χ4n) is 1.62. The van der Waals surface area contributed by atoms with E-state index in [0.29, 0.717) is 6.42 Å². The topological polar surface area (TPSA) is 93.7 Å². The molecule has 0 aromatic heterocycles. The Morgan fingerprint density at radius 2 is 1.82 bits per heavy atom. The van der Waals surface area contributed by atoms with Crippen LogP contribution in [0.4, 0.5) is 4.79 Å². The van der Waals surface area contributed by atoms with E-state index in [9.17, 15) is 14.4 Å². The Kier molecular flexibility index (Phi) is 6.88. The van der Waals surface area contributed by atoms with Gasteiger partial charge in [0.2, 0.25) is 0 Å². The summed E-state index contributed by atoms with van der Waals surface area (Å²) in [4.78, 5) is 34.2. The minimum Gasteiger partial charge on any atom is -0.497 e. The molecule has 0 aliphatic rings. The zero-order chi connectivity index (χ0) is 16.5. The molecule has 3 amide bonds. The second-order valence-corrected chi connectivity index (χ2v) is 4.55. The molecule has 0 spiro atoms. The number of methoxy groups -OCH3 is 1. The van der Waals surface area contributed by atoms with Gasteiger partial charge in [0, 0.05) is 13.5 Å². The molecule has 0 aliphatic carbocycles. The van der Waals surface area contributed by atoms with E-state index in [4.69, 9.17) is 9.47 Å². The fraction of sp³-hybridized carbons (Fsp3) is 0.400. The first-order chi connectivity index (χ1) is 10.5. The molecule has 0 fully saturated rings. The van der Waals surface area contributed by atoms with Crippen molar-refractivity contribution in [3.05, 3.63) is 29.8 Å². The molecule has 0 unspecified atom stereocenters. The van der Waals surface area contributed by atoms with E-state index in [0.717, 1.165) is 11.3 Å². The second-order valence-electron chi connectivity index (χ2n) is 4.55. The third-order valence-electron chi connectivity index (χ3n) is 2.92. The average Bonchev–Trinajstić information content (AvgIpc) is 2.53. The number of rotatable bonds is 6. The highest BCUT2D eigenvalue weighted by atomic mass is 16.5.